The van der Waals surface area contributed by atoms with Crippen LogP contribution in [0.15, 0.2) is 0 Å². The van der Waals surface area contributed by atoms with E-state index in [0.717, 1.165) is 5.92 Å². The third kappa shape index (κ3) is 12.2. The summed E-state index contributed by atoms with van der Waals surface area (Å²) in [5.41, 5.74) is 0. The molecule has 0 saturated heterocycles. The number of rotatable bonds is 12. The van der Waals surface area contributed by atoms with Gasteiger partial charge >= 0.3 is 0 Å². The topological polar surface area (TPSA) is 12.0 Å². The highest BCUT2D eigenvalue weighted by Crippen LogP contribution is 2.14. The van der Waals surface area contributed by atoms with Crippen LogP contribution in [0.1, 0.15) is 85.0 Å². The summed E-state index contributed by atoms with van der Waals surface area (Å²) in [4.78, 5) is 0. The van der Waals surface area contributed by atoms with Crippen molar-refractivity contribution < 1.29 is 0 Å². The Morgan fingerprint density at radius 3 is 1.71 bits per heavy atom. The van der Waals surface area contributed by atoms with Gasteiger partial charge in [0.1, 0.15) is 0 Å². The van der Waals surface area contributed by atoms with Crippen LogP contribution in [0, 0.1) is 5.92 Å². The van der Waals surface area contributed by atoms with Crippen molar-refractivity contribution in [3.05, 3.63) is 0 Å². The van der Waals surface area contributed by atoms with Crippen molar-refractivity contribution in [2.45, 2.75) is 91.0 Å². The Hall–Kier alpha value is -0.0400. The van der Waals surface area contributed by atoms with E-state index in [1.807, 2.05) is 0 Å². The van der Waals surface area contributed by atoms with Crippen LogP contribution < -0.4 is 5.32 Å². The number of nitrogens with one attached hydrogen (secondary N) is 1. The molecule has 0 radical (unpaired) electrons. The average Bonchev–Trinajstić information content (AvgIpc) is 2.35. The van der Waals surface area contributed by atoms with E-state index < -0.39 is 0 Å². The van der Waals surface area contributed by atoms with Crippen LogP contribution in [0.2, 0.25) is 0 Å². The highest BCUT2D eigenvalue weighted by Gasteiger charge is 1.99. The third-order valence-electron chi connectivity index (χ3n) is 4.02. The van der Waals surface area contributed by atoms with Gasteiger partial charge in [-0.25, -0.2) is 0 Å². The van der Waals surface area contributed by atoms with Crippen molar-refractivity contribution in [3.8, 4) is 0 Å². The molecule has 2 unspecified atom stereocenters. The molecule has 17 heavy (non-hydrogen) atoms. The summed E-state index contributed by atoms with van der Waals surface area (Å²) in [7, 11) is 2.06. The first kappa shape index (κ1) is 17.0. The van der Waals surface area contributed by atoms with Gasteiger partial charge in [0.25, 0.3) is 0 Å². The van der Waals surface area contributed by atoms with Crippen molar-refractivity contribution in [2.24, 2.45) is 5.92 Å². The maximum absolute atomic E-state index is 3.30. The van der Waals surface area contributed by atoms with Gasteiger partial charge in [-0.1, -0.05) is 71.6 Å². The summed E-state index contributed by atoms with van der Waals surface area (Å²) in [6.45, 7) is 6.95. The first-order valence-corrected chi connectivity index (χ1v) is 7.88. The van der Waals surface area contributed by atoms with Gasteiger partial charge in [-0.2, -0.15) is 0 Å². The maximum Gasteiger partial charge on any atom is 0.00357 e. The zero-order valence-corrected chi connectivity index (χ0v) is 12.7. The Morgan fingerprint density at radius 2 is 1.24 bits per heavy atom. The third-order valence-corrected chi connectivity index (χ3v) is 4.02. The van der Waals surface area contributed by atoms with Crippen LogP contribution >= 0.6 is 0 Å². The van der Waals surface area contributed by atoms with E-state index in [-0.39, 0.29) is 0 Å². The predicted molar refractivity (Wildman–Crippen MR) is 79.5 cm³/mol. The fraction of sp³-hybridized carbons (Fsp3) is 1.00. The van der Waals surface area contributed by atoms with Crippen LogP contribution in [0.3, 0.4) is 0 Å². The fourth-order valence-electron chi connectivity index (χ4n) is 2.18. The van der Waals surface area contributed by atoms with Gasteiger partial charge in [-0.15, -0.1) is 0 Å². The van der Waals surface area contributed by atoms with Gasteiger partial charge < -0.3 is 5.32 Å². The van der Waals surface area contributed by atoms with Gasteiger partial charge in [0, 0.05) is 6.04 Å². The molecule has 0 aliphatic rings. The minimum atomic E-state index is 0.700. The summed E-state index contributed by atoms with van der Waals surface area (Å²) >= 11 is 0. The quantitative estimate of drug-likeness (QED) is 0.466. The zero-order valence-electron chi connectivity index (χ0n) is 12.7. The number of unbranched alkanes of at least 4 members (excludes halogenated alkanes) is 6. The molecule has 0 aromatic carbocycles. The molecule has 0 aromatic heterocycles. The number of hydrogen-bond donors (Lipinski definition) is 1. The molecule has 0 bridgehead atoms. The molecule has 1 heteroatoms. The monoisotopic (exact) mass is 241 g/mol. The summed E-state index contributed by atoms with van der Waals surface area (Å²) in [5.74, 6) is 0.943. The first-order chi connectivity index (χ1) is 8.20. The normalized spacial score (nSPS) is 14.8. The van der Waals surface area contributed by atoms with Crippen molar-refractivity contribution >= 4 is 0 Å². The van der Waals surface area contributed by atoms with Gasteiger partial charge in [0.15, 0.2) is 0 Å². The Balaban J connectivity index is 3.04. The predicted octanol–water partition coefficient (Wildman–Crippen LogP) is 5.15. The van der Waals surface area contributed by atoms with Crippen molar-refractivity contribution in [2.75, 3.05) is 7.05 Å². The Morgan fingerprint density at radius 1 is 0.765 bits per heavy atom. The SMILES string of the molecule is CCC(C)CCCCCCCCCC(C)NC. The largest absolute Gasteiger partial charge is 0.317 e. The Bertz CT molecular complexity index is 128. The van der Waals surface area contributed by atoms with Crippen LogP contribution in [0.25, 0.3) is 0 Å². The summed E-state index contributed by atoms with van der Waals surface area (Å²) in [6, 6.07) is 0.700. The Kier molecular flexibility index (Phi) is 12.4. The lowest BCUT2D eigenvalue weighted by Crippen LogP contribution is -2.20. The second-order valence-electron chi connectivity index (χ2n) is 5.76. The Labute approximate surface area is 110 Å². The molecular formula is C16H35N. The van der Waals surface area contributed by atoms with Crippen LogP contribution in [0.4, 0.5) is 0 Å². The van der Waals surface area contributed by atoms with Gasteiger partial charge in [-0.05, 0) is 26.3 Å². The van der Waals surface area contributed by atoms with E-state index >= 15 is 0 Å². The standard InChI is InChI=1S/C16H35N/c1-5-15(2)13-11-9-7-6-8-10-12-14-16(3)17-4/h15-17H,5-14H2,1-4H3. The molecule has 0 saturated carbocycles. The highest BCUT2D eigenvalue weighted by atomic mass is 14.8. The lowest BCUT2D eigenvalue weighted by molar-refractivity contribution is 0.465. The first-order valence-electron chi connectivity index (χ1n) is 7.88. The van der Waals surface area contributed by atoms with Crippen molar-refractivity contribution in [3.63, 3.8) is 0 Å². The summed E-state index contributed by atoms with van der Waals surface area (Å²) < 4.78 is 0. The molecule has 0 aliphatic carbocycles. The maximum atomic E-state index is 3.30. The zero-order chi connectivity index (χ0) is 12.9. The van der Waals surface area contributed by atoms with E-state index in [9.17, 15) is 0 Å². The molecule has 0 rings (SSSR count). The molecule has 0 aliphatic heterocycles. The lowest BCUT2D eigenvalue weighted by atomic mass is 9.99. The van der Waals surface area contributed by atoms with Crippen molar-refractivity contribution in [1.29, 1.82) is 0 Å². The van der Waals surface area contributed by atoms with Gasteiger partial charge in [0.2, 0.25) is 0 Å². The van der Waals surface area contributed by atoms with E-state index in [1.165, 1.54) is 64.2 Å². The molecule has 1 nitrogen and oxygen atoms in total. The van der Waals surface area contributed by atoms with Crippen LogP contribution in [0.5, 0.6) is 0 Å². The van der Waals surface area contributed by atoms with Gasteiger partial charge in [0.05, 0.1) is 0 Å². The van der Waals surface area contributed by atoms with E-state index in [4.69, 9.17) is 0 Å². The molecule has 0 amide bonds. The fourth-order valence-corrected chi connectivity index (χ4v) is 2.18. The molecule has 104 valence electrons. The average molecular weight is 241 g/mol. The molecule has 0 fully saturated rings. The minimum Gasteiger partial charge on any atom is -0.317 e. The minimum absolute atomic E-state index is 0.700. The molecule has 0 spiro atoms. The second kappa shape index (κ2) is 12.4. The smallest absolute Gasteiger partial charge is 0.00357 e. The van der Waals surface area contributed by atoms with E-state index in [2.05, 4.69) is 33.1 Å². The molecule has 2 atom stereocenters. The molecule has 0 aromatic rings. The lowest BCUT2D eigenvalue weighted by Gasteiger charge is -2.09. The van der Waals surface area contributed by atoms with E-state index in [1.54, 1.807) is 0 Å². The number of hydrogen-bond acceptors (Lipinski definition) is 1. The van der Waals surface area contributed by atoms with Crippen LogP contribution in [-0.4, -0.2) is 13.1 Å². The van der Waals surface area contributed by atoms with Crippen molar-refractivity contribution in [1.82, 2.24) is 5.32 Å². The summed E-state index contributed by atoms with van der Waals surface area (Å²) in [6.07, 6.45) is 14.2. The van der Waals surface area contributed by atoms with E-state index in [0.29, 0.717) is 6.04 Å². The summed E-state index contributed by atoms with van der Waals surface area (Å²) in [5, 5.41) is 3.30. The molecular weight excluding hydrogens is 206 g/mol. The highest BCUT2D eigenvalue weighted by molar-refractivity contribution is 4.57. The molecule has 1 N–H and O–H groups in total. The van der Waals surface area contributed by atoms with Crippen LogP contribution in [-0.2, 0) is 0 Å². The van der Waals surface area contributed by atoms with Gasteiger partial charge in [-0.3, -0.25) is 0 Å². The molecule has 0 heterocycles. The second-order valence-corrected chi connectivity index (χ2v) is 5.76.